The van der Waals surface area contributed by atoms with Gasteiger partial charge in [-0.25, -0.2) is 4.39 Å². The zero-order valence-corrected chi connectivity index (χ0v) is 25.1. The molecule has 214 valence electrons. The Morgan fingerprint density at radius 3 is 2.42 bits per heavy atom. The molecule has 10 heteroatoms. The van der Waals surface area contributed by atoms with E-state index in [2.05, 4.69) is 25.1 Å². The highest BCUT2D eigenvalue weighted by Gasteiger charge is 2.18. The summed E-state index contributed by atoms with van der Waals surface area (Å²) in [6.07, 6.45) is 5.69. The number of nitrogens with one attached hydrogen (secondary N) is 1. The number of aromatic amines is 1. The van der Waals surface area contributed by atoms with Gasteiger partial charge in [-0.15, -0.1) is 0 Å². The van der Waals surface area contributed by atoms with Gasteiger partial charge in [0.2, 0.25) is 0 Å². The number of ether oxygens (including phenoxy) is 2. The largest absolute Gasteiger partial charge is 0.486 e. The lowest BCUT2D eigenvalue weighted by atomic mass is 10.1. The second kappa shape index (κ2) is 15.7. The van der Waals surface area contributed by atoms with E-state index in [-0.39, 0.29) is 5.69 Å². The minimum absolute atomic E-state index is 0.195. The Balaban J connectivity index is 0.00000106. The lowest BCUT2D eigenvalue weighted by molar-refractivity contribution is 0.0336. The van der Waals surface area contributed by atoms with Crippen LogP contribution in [0.5, 0.6) is 5.75 Å². The zero-order chi connectivity index (χ0) is 29.1. The third-order valence-corrected chi connectivity index (χ3v) is 6.60. The van der Waals surface area contributed by atoms with Crippen LogP contribution in [0, 0.1) is 0 Å². The predicted molar refractivity (Wildman–Crippen MR) is 161 cm³/mol. The molecule has 0 aliphatic carbocycles. The summed E-state index contributed by atoms with van der Waals surface area (Å²) in [5.41, 5.74) is 3.10. The number of hydrogen-bond acceptors (Lipinski definition) is 6. The van der Waals surface area contributed by atoms with Gasteiger partial charge in [-0.2, -0.15) is 5.10 Å². The van der Waals surface area contributed by atoms with E-state index in [0.717, 1.165) is 38.5 Å². The van der Waals surface area contributed by atoms with E-state index in [1.807, 2.05) is 46.8 Å². The highest BCUT2D eigenvalue weighted by Crippen LogP contribution is 2.34. The molecule has 0 spiro atoms. The van der Waals surface area contributed by atoms with Crippen molar-refractivity contribution in [1.29, 1.82) is 0 Å². The molecule has 1 aliphatic heterocycles. The molecule has 7 nitrogen and oxygen atoms in total. The van der Waals surface area contributed by atoms with Crippen molar-refractivity contribution in [3.8, 4) is 5.75 Å². The Kier molecular flexibility index (Phi) is 12.3. The van der Waals surface area contributed by atoms with Crippen LogP contribution in [0.1, 0.15) is 63.2 Å². The third kappa shape index (κ3) is 8.01. The summed E-state index contributed by atoms with van der Waals surface area (Å²) < 4.78 is 26.7. The van der Waals surface area contributed by atoms with Crippen molar-refractivity contribution in [2.45, 2.75) is 47.3 Å². The van der Waals surface area contributed by atoms with Crippen molar-refractivity contribution in [2.24, 2.45) is 0 Å². The number of hydrogen-bond donors (Lipinski definition) is 1. The van der Waals surface area contributed by atoms with Crippen LogP contribution in [-0.4, -0.2) is 51.4 Å². The Labute approximate surface area is 245 Å². The fraction of sp³-hybridized carbons (Fsp3) is 0.367. The minimum atomic E-state index is -0.477. The van der Waals surface area contributed by atoms with Gasteiger partial charge in [0.05, 0.1) is 34.5 Å². The molecular formula is C30H36Cl2FN5O2. The van der Waals surface area contributed by atoms with Gasteiger partial charge in [-0.1, -0.05) is 57.0 Å². The molecule has 3 aromatic heterocycles. The first-order valence-electron chi connectivity index (χ1n) is 13.5. The van der Waals surface area contributed by atoms with Crippen molar-refractivity contribution >= 4 is 46.0 Å². The van der Waals surface area contributed by atoms with Gasteiger partial charge in [0, 0.05) is 49.2 Å². The number of pyridine rings is 2. The summed E-state index contributed by atoms with van der Waals surface area (Å²) in [5.74, 6) is 0.0536. The van der Waals surface area contributed by atoms with E-state index in [1.54, 1.807) is 24.4 Å². The first kappa shape index (κ1) is 31.5. The number of morpholine rings is 1. The molecule has 0 saturated carbocycles. The lowest BCUT2D eigenvalue weighted by Crippen LogP contribution is -2.35. The van der Waals surface area contributed by atoms with Crippen LogP contribution in [-0.2, 0) is 11.3 Å². The van der Waals surface area contributed by atoms with Gasteiger partial charge in [-0.3, -0.25) is 20.0 Å². The van der Waals surface area contributed by atoms with Crippen LogP contribution in [0.15, 0.2) is 48.9 Å². The molecule has 1 unspecified atom stereocenters. The van der Waals surface area contributed by atoms with E-state index in [9.17, 15) is 0 Å². The van der Waals surface area contributed by atoms with Crippen LogP contribution in [0.4, 0.5) is 4.39 Å². The van der Waals surface area contributed by atoms with Gasteiger partial charge in [0.15, 0.2) is 5.83 Å². The summed E-state index contributed by atoms with van der Waals surface area (Å²) in [6, 6.07) is 9.09. The summed E-state index contributed by atoms with van der Waals surface area (Å²) in [6.45, 7) is 13.8. The molecule has 0 amide bonds. The topological polar surface area (TPSA) is 76.2 Å². The van der Waals surface area contributed by atoms with E-state index >= 15 is 4.39 Å². The van der Waals surface area contributed by atoms with Crippen molar-refractivity contribution in [3.63, 3.8) is 0 Å². The van der Waals surface area contributed by atoms with Crippen molar-refractivity contribution in [3.05, 3.63) is 81.5 Å². The molecule has 0 radical (unpaired) electrons. The summed E-state index contributed by atoms with van der Waals surface area (Å²) in [7, 11) is 0. The highest BCUT2D eigenvalue weighted by atomic mass is 35.5. The molecule has 1 aromatic carbocycles. The lowest BCUT2D eigenvalue weighted by Gasteiger charge is -2.26. The van der Waals surface area contributed by atoms with Gasteiger partial charge in [-0.05, 0) is 42.8 Å². The first-order valence-corrected chi connectivity index (χ1v) is 14.3. The Morgan fingerprint density at radius 1 is 1.07 bits per heavy atom. The van der Waals surface area contributed by atoms with E-state index < -0.39 is 11.9 Å². The fourth-order valence-corrected chi connectivity index (χ4v) is 4.81. The second-order valence-electron chi connectivity index (χ2n) is 8.52. The molecule has 4 heterocycles. The molecule has 1 atom stereocenters. The number of aromatic nitrogens is 4. The SMILES string of the molecule is CC.CC.CC(Oc1ccc2[nH]nc(/C(F)=C/c3ccc(CN4CCOCC4)nc3)c2c1)c1c(Cl)cncc1Cl. The van der Waals surface area contributed by atoms with Crippen molar-refractivity contribution < 1.29 is 13.9 Å². The molecule has 4 aromatic rings. The number of halogens is 3. The van der Waals surface area contributed by atoms with Crippen LogP contribution in [0.3, 0.4) is 0 Å². The van der Waals surface area contributed by atoms with Gasteiger partial charge in [0.1, 0.15) is 17.5 Å². The quantitative estimate of drug-likeness (QED) is 0.235. The molecule has 5 rings (SSSR count). The normalized spacial score (nSPS) is 14.6. The maximum absolute atomic E-state index is 15.3. The Morgan fingerprint density at radius 2 is 1.77 bits per heavy atom. The number of H-pyrrole nitrogens is 1. The monoisotopic (exact) mass is 587 g/mol. The molecule has 40 heavy (non-hydrogen) atoms. The average Bonchev–Trinajstić information content (AvgIpc) is 3.40. The zero-order valence-electron chi connectivity index (χ0n) is 23.5. The predicted octanol–water partition coefficient (Wildman–Crippen LogP) is 8.15. The van der Waals surface area contributed by atoms with Crippen LogP contribution < -0.4 is 4.74 Å². The summed E-state index contributed by atoms with van der Waals surface area (Å²) in [4.78, 5) is 10.8. The molecule has 0 bridgehead atoms. The standard InChI is InChI=1S/C26H24Cl2FN5O2.2C2H6/c1-16(25-21(27)13-30-14-22(25)28)36-19-4-5-24-20(11-19)26(33-32-24)23(29)10-17-2-3-18(31-12-17)15-34-6-8-35-9-7-34;2*1-2/h2-5,10-14,16H,6-9,15H2,1H3,(H,32,33);2*1-2H3/b23-10-;;. The van der Waals surface area contributed by atoms with Crippen molar-refractivity contribution in [2.75, 3.05) is 26.3 Å². The summed E-state index contributed by atoms with van der Waals surface area (Å²) >= 11 is 12.5. The molecule has 1 saturated heterocycles. The summed E-state index contributed by atoms with van der Waals surface area (Å²) in [5, 5.41) is 8.48. The second-order valence-corrected chi connectivity index (χ2v) is 9.33. The number of nitrogens with zero attached hydrogens (tertiary/aromatic N) is 4. The highest BCUT2D eigenvalue weighted by molar-refractivity contribution is 6.35. The van der Waals surface area contributed by atoms with Gasteiger partial charge in [0.25, 0.3) is 0 Å². The van der Waals surface area contributed by atoms with Crippen molar-refractivity contribution in [1.82, 2.24) is 25.1 Å². The average molecular weight is 589 g/mol. The van der Waals surface area contributed by atoms with Crippen LogP contribution >= 0.6 is 23.2 Å². The van der Waals surface area contributed by atoms with E-state index in [1.165, 1.54) is 18.5 Å². The third-order valence-electron chi connectivity index (χ3n) is 6.00. The van der Waals surface area contributed by atoms with Gasteiger partial charge >= 0.3 is 0 Å². The Bertz CT molecular complexity index is 1370. The first-order chi connectivity index (χ1) is 19.5. The van der Waals surface area contributed by atoms with Crippen LogP contribution in [0.2, 0.25) is 10.0 Å². The molecular weight excluding hydrogens is 552 g/mol. The van der Waals surface area contributed by atoms with E-state index in [4.69, 9.17) is 32.7 Å². The van der Waals surface area contributed by atoms with E-state index in [0.29, 0.717) is 37.8 Å². The maximum atomic E-state index is 15.3. The number of benzene rings is 1. The maximum Gasteiger partial charge on any atom is 0.151 e. The fourth-order valence-electron chi connectivity index (χ4n) is 4.14. The minimum Gasteiger partial charge on any atom is -0.486 e. The van der Waals surface area contributed by atoms with Crippen LogP contribution in [0.25, 0.3) is 22.8 Å². The molecule has 1 fully saturated rings. The number of fused-ring (bicyclic) bond motifs is 1. The molecule has 1 aliphatic rings. The van der Waals surface area contributed by atoms with Gasteiger partial charge < -0.3 is 9.47 Å². The number of rotatable bonds is 7. The molecule has 1 N–H and O–H groups in total. The Hall–Kier alpha value is -3.04. The smallest absolute Gasteiger partial charge is 0.151 e.